The van der Waals surface area contributed by atoms with Crippen LogP contribution in [0.25, 0.3) is 10.9 Å². The lowest BCUT2D eigenvalue weighted by atomic mass is 10.1. The first-order valence-corrected chi connectivity index (χ1v) is 8.75. The number of anilines is 1. The van der Waals surface area contributed by atoms with E-state index in [1.54, 1.807) is 31.2 Å². The second kappa shape index (κ2) is 6.79. The lowest BCUT2D eigenvalue weighted by Crippen LogP contribution is -2.38. The summed E-state index contributed by atoms with van der Waals surface area (Å²) >= 11 is 0. The molecule has 144 valence electrons. The van der Waals surface area contributed by atoms with Gasteiger partial charge in [0.2, 0.25) is 0 Å². The van der Waals surface area contributed by atoms with Crippen molar-refractivity contribution in [2.75, 3.05) is 18.0 Å². The van der Waals surface area contributed by atoms with E-state index in [0.717, 1.165) is 25.9 Å². The van der Waals surface area contributed by atoms with Crippen LogP contribution in [-0.2, 0) is 6.54 Å². The SMILES string of the molecule is Cc1noc(N2CCC(Oc3cccc4c3ccn4CC(F)(F)F)CC2)n1. The summed E-state index contributed by atoms with van der Waals surface area (Å²) in [5.41, 5.74) is 0.517. The van der Waals surface area contributed by atoms with Crippen molar-refractivity contribution in [2.45, 2.75) is 38.6 Å². The molecule has 3 aromatic rings. The molecule has 1 aromatic carbocycles. The van der Waals surface area contributed by atoms with Crippen molar-refractivity contribution < 1.29 is 22.4 Å². The van der Waals surface area contributed by atoms with Crippen molar-refractivity contribution in [3.8, 4) is 5.75 Å². The summed E-state index contributed by atoms with van der Waals surface area (Å²) in [5, 5.41) is 4.49. The highest BCUT2D eigenvalue weighted by Gasteiger charge is 2.29. The third kappa shape index (κ3) is 3.86. The summed E-state index contributed by atoms with van der Waals surface area (Å²) in [5.74, 6) is 1.21. The molecule has 0 unspecified atom stereocenters. The summed E-state index contributed by atoms with van der Waals surface area (Å²) in [6, 6.07) is 7.38. The number of aromatic nitrogens is 3. The highest BCUT2D eigenvalue weighted by molar-refractivity contribution is 5.86. The van der Waals surface area contributed by atoms with Gasteiger partial charge in [0.1, 0.15) is 18.4 Å². The smallest absolute Gasteiger partial charge is 0.406 e. The standard InChI is InChI=1S/C18H19F3N4O2/c1-12-22-17(27-23-12)24-8-5-13(6-9-24)26-16-4-2-3-15-14(16)7-10-25(15)11-18(19,20)21/h2-4,7,10,13H,5-6,8-9,11H2,1H3. The lowest BCUT2D eigenvalue weighted by molar-refractivity contribution is -0.139. The number of benzene rings is 1. The minimum absolute atomic E-state index is 0.0122. The normalized spacial score (nSPS) is 16.2. The summed E-state index contributed by atoms with van der Waals surface area (Å²) < 4.78 is 50.7. The predicted molar refractivity (Wildman–Crippen MR) is 92.9 cm³/mol. The Kier molecular flexibility index (Phi) is 4.45. The third-order valence-electron chi connectivity index (χ3n) is 4.65. The Morgan fingerprint density at radius 2 is 2.00 bits per heavy atom. The van der Waals surface area contributed by atoms with Crippen LogP contribution < -0.4 is 9.64 Å². The number of piperidine rings is 1. The van der Waals surface area contributed by atoms with Gasteiger partial charge in [0, 0.05) is 37.5 Å². The van der Waals surface area contributed by atoms with Gasteiger partial charge in [-0.2, -0.15) is 18.2 Å². The molecule has 0 saturated carbocycles. The van der Waals surface area contributed by atoms with Gasteiger partial charge in [-0.15, -0.1) is 0 Å². The highest BCUT2D eigenvalue weighted by atomic mass is 19.4. The minimum Gasteiger partial charge on any atom is -0.490 e. The molecule has 0 aliphatic carbocycles. The first-order valence-electron chi connectivity index (χ1n) is 8.75. The molecule has 27 heavy (non-hydrogen) atoms. The molecule has 1 fully saturated rings. The van der Waals surface area contributed by atoms with Crippen LogP contribution in [0, 0.1) is 6.92 Å². The fourth-order valence-electron chi connectivity index (χ4n) is 3.39. The second-order valence-corrected chi connectivity index (χ2v) is 6.68. The maximum absolute atomic E-state index is 12.7. The van der Waals surface area contributed by atoms with Gasteiger partial charge in [-0.3, -0.25) is 0 Å². The van der Waals surface area contributed by atoms with Crippen molar-refractivity contribution in [2.24, 2.45) is 0 Å². The Hall–Kier alpha value is -2.71. The summed E-state index contributed by atoms with van der Waals surface area (Å²) in [4.78, 5) is 6.24. The van der Waals surface area contributed by atoms with Crippen molar-refractivity contribution in [1.29, 1.82) is 0 Å². The van der Waals surface area contributed by atoms with E-state index in [1.807, 2.05) is 4.90 Å². The molecule has 0 atom stereocenters. The highest BCUT2D eigenvalue weighted by Crippen LogP contribution is 2.31. The minimum atomic E-state index is -4.26. The van der Waals surface area contributed by atoms with Crippen molar-refractivity contribution in [3.63, 3.8) is 0 Å². The van der Waals surface area contributed by atoms with E-state index >= 15 is 0 Å². The largest absolute Gasteiger partial charge is 0.490 e. The molecule has 0 bridgehead atoms. The average molecular weight is 380 g/mol. The first kappa shape index (κ1) is 17.7. The summed E-state index contributed by atoms with van der Waals surface area (Å²) in [6.45, 7) is 2.20. The summed E-state index contributed by atoms with van der Waals surface area (Å²) in [6.07, 6.45) is -1.29. The number of ether oxygens (including phenoxy) is 1. The number of aryl methyl sites for hydroxylation is 1. The molecule has 0 amide bonds. The summed E-state index contributed by atoms with van der Waals surface area (Å²) in [7, 11) is 0. The van der Waals surface area contributed by atoms with E-state index in [2.05, 4.69) is 10.1 Å². The molecule has 0 N–H and O–H groups in total. The zero-order valence-electron chi connectivity index (χ0n) is 14.7. The van der Waals surface area contributed by atoms with Gasteiger partial charge >= 0.3 is 12.2 Å². The topological polar surface area (TPSA) is 56.3 Å². The Bertz CT molecular complexity index is 926. The number of halogens is 3. The van der Waals surface area contributed by atoms with Crippen molar-refractivity contribution in [1.82, 2.24) is 14.7 Å². The van der Waals surface area contributed by atoms with Gasteiger partial charge in [0.15, 0.2) is 5.82 Å². The molecule has 9 heteroatoms. The first-order chi connectivity index (χ1) is 12.9. The van der Waals surface area contributed by atoms with Crippen LogP contribution in [-0.4, -0.2) is 40.1 Å². The zero-order chi connectivity index (χ0) is 19.0. The van der Waals surface area contributed by atoms with Gasteiger partial charge in [0.05, 0.1) is 5.52 Å². The van der Waals surface area contributed by atoms with E-state index in [4.69, 9.17) is 9.26 Å². The molecule has 1 saturated heterocycles. The monoisotopic (exact) mass is 380 g/mol. The third-order valence-corrected chi connectivity index (χ3v) is 4.65. The fraction of sp³-hybridized carbons (Fsp3) is 0.444. The van der Waals surface area contributed by atoms with Crippen LogP contribution in [0.3, 0.4) is 0 Å². The molecule has 4 rings (SSSR count). The van der Waals surface area contributed by atoms with E-state index in [9.17, 15) is 13.2 Å². The Labute approximate surface area is 153 Å². The van der Waals surface area contributed by atoms with Crippen LogP contribution >= 0.6 is 0 Å². The molecule has 1 aliphatic heterocycles. The number of hydrogen-bond donors (Lipinski definition) is 0. The quantitative estimate of drug-likeness (QED) is 0.686. The molecule has 2 aromatic heterocycles. The average Bonchev–Trinajstić information content (AvgIpc) is 3.22. The van der Waals surface area contributed by atoms with E-state index in [-0.39, 0.29) is 6.10 Å². The second-order valence-electron chi connectivity index (χ2n) is 6.68. The van der Waals surface area contributed by atoms with Crippen LogP contribution in [0.15, 0.2) is 35.0 Å². The molecule has 3 heterocycles. The molecule has 6 nitrogen and oxygen atoms in total. The Morgan fingerprint density at radius 1 is 1.22 bits per heavy atom. The maximum atomic E-state index is 12.7. The van der Waals surface area contributed by atoms with Crippen LogP contribution in [0.1, 0.15) is 18.7 Å². The van der Waals surface area contributed by atoms with Crippen molar-refractivity contribution >= 4 is 16.9 Å². The zero-order valence-corrected chi connectivity index (χ0v) is 14.7. The maximum Gasteiger partial charge on any atom is 0.406 e. The number of rotatable bonds is 4. The Balaban J connectivity index is 1.45. The molecule has 1 aliphatic rings. The number of nitrogens with zero attached hydrogens (tertiary/aromatic N) is 4. The van der Waals surface area contributed by atoms with Crippen molar-refractivity contribution in [3.05, 3.63) is 36.3 Å². The molecular weight excluding hydrogens is 361 g/mol. The van der Waals surface area contributed by atoms with Gasteiger partial charge in [-0.1, -0.05) is 11.2 Å². The number of hydrogen-bond acceptors (Lipinski definition) is 5. The lowest BCUT2D eigenvalue weighted by Gasteiger charge is -2.30. The van der Waals surface area contributed by atoms with E-state index in [1.165, 1.54) is 10.8 Å². The van der Waals surface area contributed by atoms with Crippen LogP contribution in [0.4, 0.5) is 19.2 Å². The van der Waals surface area contributed by atoms with Gasteiger partial charge in [0.25, 0.3) is 0 Å². The van der Waals surface area contributed by atoms with E-state index in [0.29, 0.717) is 28.5 Å². The van der Waals surface area contributed by atoms with Crippen LogP contribution in [0.5, 0.6) is 5.75 Å². The molecular formula is C18H19F3N4O2. The van der Waals surface area contributed by atoms with Gasteiger partial charge in [-0.05, 0) is 25.1 Å². The fourth-order valence-corrected chi connectivity index (χ4v) is 3.39. The Morgan fingerprint density at radius 3 is 2.67 bits per heavy atom. The van der Waals surface area contributed by atoms with Gasteiger partial charge < -0.3 is 18.7 Å². The molecule has 0 radical (unpaired) electrons. The van der Waals surface area contributed by atoms with E-state index < -0.39 is 12.7 Å². The van der Waals surface area contributed by atoms with Crippen LogP contribution in [0.2, 0.25) is 0 Å². The predicted octanol–water partition coefficient (Wildman–Crippen LogP) is 3.94. The molecule has 0 spiro atoms. The number of alkyl halides is 3. The van der Waals surface area contributed by atoms with Gasteiger partial charge in [-0.25, -0.2) is 0 Å². The number of fused-ring (bicyclic) bond motifs is 1.